The molecule has 0 spiro atoms. The average Bonchev–Trinajstić information content (AvgIpc) is 2.53. The van der Waals surface area contributed by atoms with E-state index in [1.165, 1.54) is 17.1 Å². The lowest BCUT2D eigenvalue weighted by Crippen LogP contribution is -2.29. The highest BCUT2D eigenvalue weighted by Gasteiger charge is 2.24. The molecule has 0 N–H and O–H groups in total. The van der Waals surface area contributed by atoms with Crippen LogP contribution in [0.4, 0.5) is 0 Å². The number of carbonyl (C=O) groups is 2. The Morgan fingerprint density at radius 2 is 1.41 bits per heavy atom. The molecule has 88 valence electrons. The van der Waals surface area contributed by atoms with E-state index in [1.54, 1.807) is 0 Å². The molecule has 3 nitrogen and oxygen atoms in total. The van der Waals surface area contributed by atoms with Crippen molar-refractivity contribution in [3.63, 3.8) is 0 Å². The van der Waals surface area contributed by atoms with E-state index in [1.807, 2.05) is 12.1 Å². The number of hydrogen-bond acceptors (Lipinski definition) is 2. The van der Waals surface area contributed by atoms with E-state index in [2.05, 4.69) is 47.8 Å². The molecule has 1 aromatic carbocycles. The highest BCUT2D eigenvalue weighted by molar-refractivity contribution is 9.11. The minimum absolute atomic E-state index is 0.249. The first-order valence-electron chi connectivity index (χ1n) is 4.66. The number of amides is 2. The van der Waals surface area contributed by atoms with E-state index >= 15 is 0 Å². The van der Waals surface area contributed by atoms with Gasteiger partial charge in [-0.25, -0.2) is 0 Å². The average molecular weight is 424 g/mol. The Kier molecular flexibility index (Phi) is 3.85. The van der Waals surface area contributed by atoms with Crippen molar-refractivity contribution in [1.82, 2.24) is 4.90 Å². The minimum Gasteiger partial charge on any atom is -0.271 e. The fourth-order valence-corrected chi connectivity index (χ4v) is 3.98. The summed E-state index contributed by atoms with van der Waals surface area (Å²) in [6.07, 6.45) is 2.56. The molecular formula is C11H6Br3NO2. The molecule has 0 unspecified atom stereocenters. The molecule has 2 amide bonds. The van der Waals surface area contributed by atoms with Gasteiger partial charge >= 0.3 is 0 Å². The fraction of sp³-hybridized carbons (Fsp3) is 0.0909. The van der Waals surface area contributed by atoms with Crippen molar-refractivity contribution in [3.05, 3.63) is 43.3 Å². The lowest BCUT2D eigenvalue weighted by molar-refractivity contribution is -0.137. The normalized spacial score (nSPS) is 14.9. The van der Waals surface area contributed by atoms with E-state index in [9.17, 15) is 9.59 Å². The summed E-state index contributed by atoms with van der Waals surface area (Å²) < 4.78 is 2.59. The monoisotopic (exact) mass is 421 g/mol. The third kappa shape index (κ3) is 2.69. The molecule has 1 aliphatic rings. The molecule has 2 rings (SSSR count). The summed E-state index contributed by atoms with van der Waals surface area (Å²) in [4.78, 5) is 24.1. The maximum absolute atomic E-state index is 11.5. The highest BCUT2D eigenvalue weighted by atomic mass is 79.9. The van der Waals surface area contributed by atoms with E-state index in [-0.39, 0.29) is 18.4 Å². The molecule has 0 saturated carbocycles. The van der Waals surface area contributed by atoms with Gasteiger partial charge in [-0.05, 0) is 12.1 Å². The number of rotatable bonds is 2. The van der Waals surface area contributed by atoms with Gasteiger partial charge in [-0.3, -0.25) is 14.5 Å². The standard InChI is InChI=1S/C11H6Br3NO2/c12-6-3-8(13)7(9(14)4-6)5-15-10(16)1-2-11(15)17/h1-4H,5H2. The van der Waals surface area contributed by atoms with Crippen LogP contribution in [0, 0.1) is 0 Å². The largest absolute Gasteiger partial charge is 0.271 e. The Hall–Kier alpha value is -0.460. The van der Waals surface area contributed by atoms with E-state index < -0.39 is 0 Å². The van der Waals surface area contributed by atoms with Crippen molar-refractivity contribution in [1.29, 1.82) is 0 Å². The van der Waals surface area contributed by atoms with E-state index in [4.69, 9.17) is 0 Å². The third-order valence-corrected chi connectivity index (χ3v) is 4.20. The third-order valence-electron chi connectivity index (χ3n) is 2.32. The lowest BCUT2D eigenvalue weighted by Gasteiger charge is -2.16. The second-order valence-electron chi connectivity index (χ2n) is 3.44. The molecule has 6 heteroatoms. The van der Waals surface area contributed by atoms with Gasteiger partial charge in [0.05, 0.1) is 6.54 Å². The van der Waals surface area contributed by atoms with Gasteiger partial charge in [-0.1, -0.05) is 47.8 Å². The SMILES string of the molecule is O=C1C=CC(=O)N1Cc1c(Br)cc(Br)cc1Br. The first-order chi connectivity index (χ1) is 7.99. The van der Waals surface area contributed by atoms with Crippen molar-refractivity contribution in [2.75, 3.05) is 0 Å². The summed E-state index contributed by atoms with van der Waals surface area (Å²) in [6.45, 7) is 0.249. The summed E-state index contributed by atoms with van der Waals surface area (Å²) in [5.74, 6) is -0.562. The molecule has 0 saturated heterocycles. The van der Waals surface area contributed by atoms with Crippen LogP contribution in [-0.2, 0) is 16.1 Å². The number of hydrogen-bond donors (Lipinski definition) is 0. The van der Waals surface area contributed by atoms with Crippen LogP contribution >= 0.6 is 47.8 Å². The fourth-order valence-electron chi connectivity index (χ4n) is 1.47. The molecule has 0 bridgehead atoms. The molecule has 17 heavy (non-hydrogen) atoms. The van der Waals surface area contributed by atoms with Gasteiger partial charge in [0.2, 0.25) is 0 Å². The van der Waals surface area contributed by atoms with Crippen LogP contribution in [0.25, 0.3) is 0 Å². The number of carbonyl (C=O) groups excluding carboxylic acids is 2. The number of imide groups is 1. The van der Waals surface area contributed by atoms with Gasteiger partial charge < -0.3 is 0 Å². The number of benzene rings is 1. The summed E-state index contributed by atoms with van der Waals surface area (Å²) >= 11 is 10.2. The topological polar surface area (TPSA) is 37.4 Å². The minimum atomic E-state index is -0.281. The zero-order valence-corrected chi connectivity index (χ0v) is 13.2. The molecule has 1 aliphatic heterocycles. The first-order valence-corrected chi connectivity index (χ1v) is 7.04. The zero-order valence-electron chi connectivity index (χ0n) is 8.41. The van der Waals surface area contributed by atoms with E-state index in [0.717, 1.165) is 19.0 Å². The Morgan fingerprint density at radius 3 is 1.88 bits per heavy atom. The molecular weight excluding hydrogens is 418 g/mol. The van der Waals surface area contributed by atoms with Gasteiger partial charge in [-0.2, -0.15) is 0 Å². The number of halogens is 3. The molecule has 0 radical (unpaired) electrons. The van der Waals surface area contributed by atoms with Gasteiger partial charge in [0.15, 0.2) is 0 Å². The Bertz CT molecular complexity index is 499. The van der Waals surface area contributed by atoms with Crippen LogP contribution < -0.4 is 0 Å². The van der Waals surface area contributed by atoms with E-state index in [0.29, 0.717) is 0 Å². The van der Waals surface area contributed by atoms with Crippen molar-refractivity contribution in [3.8, 4) is 0 Å². The van der Waals surface area contributed by atoms with Gasteiger partial charge in [0, 0.05) is 31.1 Å². The van der Waals surface area contributed by atoms with Crippen LogP contribution in [-0.4, -0.2) is 16.7 Å². The van der Waals surface area contributed by atoms with Crippen molar-refractivity contribution in [2.45, 2.75) is 6.54 Å². The summed E-state index contributed by atoms with van der Waals surface area (Å²) in [7, 11) is 0. The molecule has 0 fully saturated rings. The highest BCUT2D eigenvalue weighted by Crippen LogP contribution is 2.31. The second kappa shape index (κ2) is 5.04. The van der Waals surface area contributed by atoms with Crippen molar-refractivity contribution >= 4 is 59.6 Å². The molecule has 1 heterocycles. The Labute approximate surface area is 123 Å². The smallest absolute Gasteiger partial charge is 0.253 e. The van der Waals surface area contributed by atoms with Crippen LogP contribution in [0.15, 0.2) is 37.7 Å². The quantitative estimate of drug-likeness (QED) is 0.684. The Morgan fingerprint density at radius 1 is 0.941 bits per heavy atom. The summed E-state index contributed by atoms with van der Waals surface area (Å²) in [5.41, 5.74) is 0.860. The first kappa shape index (κ1) is 13.0. The van der Waals surface area contributed by atoms with Gasteiger partial charge in [-0.15, -0.1) is 0 Å². The molecule has 0 atom stereocenters. The summed E-state index contributed by atoms with van der Waals surface area (Å²) in [5, 5.41) is 0. The van der Waals surface area contributed by atoms with Crippen molar-refractivity contribution < 1.29 is 9.59 Å². The maximum atomic E-state index is 11.5. The molecule has 0 aromatic heterocycles. The van der Waals surface area contributed by atoms with Crippen LogP contribution in [0.1, 0.15) is 5.56 Å². The molecule has 0 aliphatic carbocycles. The van der Waals surface area contributed by atoms with Gasteiger partial charge in [0.1, 0.15) is 0 Å². The lowest BCUT2D eigenvalue weighted by atomic mass is 10.2. The Balaban J connectivity index is 2.31. The zero-order chi connectivity index (χ0) is 12.6. The summed E-state index contributed by atoms with van der Waals surface area (Å²) in [6, 6.07) is 3.75. The van der Waals surface area contributed by atoms with Crippen LogP contribution in [0.5, 0.6) is 0 Å². The van der Waals surface area contributed by atoms with Crippen molar-refractivity contribution in [2.24, 2.45) is 0 Å². The maximum Gasteiger partial charge on any atom is 0.253 e. The molecule has 1 aromatic rings. The number of nitrogens with zero attached hydrogens (tertiary/aromatic N) is 1. The predicted octanol–water partition coefficient (Wildman–Crippen LogP) is 3.40. The van der Waals surface area contributed by atoms with Crippen LogP contribution in [0.2, 0.25) is 0 Å². The van der Waals surface area contributed by atoms with Gasteiger partial charge in [0.25, 0.3) is 11.8 Å². The predicted molar refractivity (Wildman–Crippen MR) is 74.2 cm³/mol. The second-order valence-corrected chi connectivity index (χ2v) is 6.07. The van der Waals surface area contributed by atoms with Crippen LogP contribution in [0.3, 0.4) is 0 Å².